The lowest BCUT2D eigenvalue weighted by Gasteiger charge is -2.29. The van der Waals surface area contributed by atoms with Crippen LogP contribution in [0.5, 0.6) is 0 Å². The minimum absolute atomic E-state index is 0.0226. The number of carbonyl (C=O) groups is 1. The number of anilines is 2. The SMILES string of the molecule is O=C(c1ccnc(N2CCCCCC2)n1)N1CCCc2ccccc21. The van der Waals surface area contributed by atoms with Crippen molar-refractivity contribution in [2.45, 2.75) is 38.5 Å². The Bertz CT molecular complexity index is 753. The van der Waals surface area contributed by atoms with Gasteiger partial charge in [0.25, 0.3) is 5.91 Å². The van der Waals surface area contributed by atoms with Gasteiger partial charge in [0, 0.05) is 31.5 Å². The zero-order chi connectivity index (χ0) is 17.1. The van der Waals surface area contributed by atoms with Crippen molar-refractivity contribution in [2.24, 2.45) is 0 Å². The number of aryl methyl sites for hydroxylation is 1. The summed E-state index contributed by atoms with van der Waals surface area (Å²) < 4.78 is 0. The van der Waals surface area contributed by atoms with Crippen LogP contribution >= 0.6 is 0 Å². The Morgan fingerprint density at radius 2 is 1.72 bits per heavy atom. The molecule has 1 amide bonds. The monoisotopic (exact) mass is 336 g/mol. The van der Waals surface area contributed by atoms with E-state index in [0.29, 0.717) is 11.6 Å². The molecule has 0 N–H and O–H groups in total. The highest BCUT2D eigenvalue weighted by molar-refractivity contribution is 6.05. The van der Waals surface area contributed by atoms with Crippen LogP contribution in [0, 0.1) is 0 Å². The molecule has 0 unspecified atom stereocenters. The molecule has 0 atom stereocenters. The number of hydrogen-bond acceptors (Lipinski definition) is 4. The quantitative estimate of drug-likeness (QED) is 0.843. The lowest BCUT2D eigenvalue weighted by atomic mass is 10.0. The van der Waals surface area contributed by atoms with Crippen molar-refractivity contribution in [3.63, 3.8) is 0 Å². The molecule has 0 saturated carbocycles. The second-order valence-corrected chi connectivity index (χ2v) is 6.83. The second-order valence-electron chi connectivity index (χ2n) is 6.83. The molecule has 3 heterocycles. The van der Waals surface area contributed by atoms with Gasteiger partial charge in [0.2, 0.25) is 5.95 Å². The molecule has 2 aromatic rings. The van der Waals surface area contributed by atoms with E-state index in [9.17, 15) is 4.79 Å². The Morgan fingerprint density at radius 3 is 2.56 bits per heavy atom. The fourth-order valence-corrected chi connectivity index (χ4v) is 3.77. The summed E-state index contributed by atoms with van der Waals surface area (Å²) in [6.45, 7) is 2.70. The molecule has 130 valence electrons. The van der Waals surface area contributed by atoms with Gasteiger partial charge < -0.3 is 9.80 Å². The number of benzene rings is 1. The average Bonchev–Trinajstić information content (AvgIpc) is 2.97. The van der Waals surface area contributed by atoms with E-state index in [1.807, 2.05) is 23.1 Å². The number of para-hydroxylation sites is 1. The lowest BCUT2D eigenvalue weighted by Crippen LogP contribution is -2.36. The molecule has 5 nitrogen and oxygen atoms in total. The van der Waals surface area contributed by atoms with Crippen molar-refractivity contribution in [1.29, 1.82) is 0 Å². The standard InChI is InChI=1S/C20H24N4O/c25-19(24-15-7-9-16-8-3-4-10-18(16)24)17-11-12-21-20(22-17)23-13-5-1-2-6-14-23/h3-4,8,10-12H,1-2,5-7,9,13-15H2. The van der Waals surface area contributed by atoms with Crippen molar-refractivity contribution >= 4 is 17.5 Å². The van der Waals surface area contributed by atoms with Crippen LogP contribution in [0.4, 0.5) is 11.6 Å². The van der Waals surface area contributed by atoms with E-state index in [-0.39, 0.29) is 5.91 Å². The van der Waals surface area contributed by atoms with E-state index in [4.69, 9.17) is 0 Å². The third-order valence-electron chi connectivity index (χ3n) is 5.11. The summed E-state index contributed by atoms with van der Waals surface area (Å²) in [6, 6.07) is 9.91. The first-order chi connectivity index (χ1) is 12.3. The van der Waals surface area contributed by atoms with Crippen molar-refractivity contribution in [3.8, 4) is 0 Å². The van der Waals surface area contributed by atoms with Crippen LogP contribution in [0.25, 0.3) is 0 Å². The summed E-state index contributed by atoms with van der Waals surface area (Å²) in [5.41, 5.74) is 2.75. The molecule has 2 aliphatic heterocycles. The Labute approximate surface area is 148 Å². The Morgan fingerprint density at radius 1 is 0.920 bits per heavy atom. The van der Waals surface area contributed by atoms with Gasteiger partial charge in [-0.3, -0.25) is 4.79 Å². The molecule has 0 radical (unpaired) electrons. The molecule has 2 aliphatic rings. The molecule has 0 aliphatic carbocycles. The maximum Gasteiger partial charge on any atom is 0.277 e. The van der Waals surface area contributed by atoms with Crippen LogP contribution in [0.2, 0.25) is 0 Å². The average molecular weight is 336 g/mol. The minimum Gasteiger partial charge on any atom is -0.341 e. The molecule has 1 saturated heterocycles. The van der Waals surface area contributed by atoms with E-state index < -0.39 is 0 Å². The Balaban J connectivity index is 1.60. The Hall–Kier alpha value is -2.43. The van der Waals surface area contributed by atoms with Crippen LogP contribution in [-0.4, -0.2) is 35.5 Å². The molecule has 4 rings (SSSR count). The molecule has 0 spiro atoms. The van der Waals surface area contributed by atoms with Crippen LogP contribution in [-0.2, 0) is 6.42 Å². The normalized spacial score (nSPS) is 17.8. The zero-order valence-electron chi connectivity index (χ0n) is 14.5. The second kappa shape index (κ2) is 7.21. The summed E-state index contributed by atoms with van der Waals surface area (Å²) in [7, 11) is 0. The summed E-state index contributed by atoms with van der Waals surface area (Å²) in [5.74, 6) is 0.670. The first-order valence-electron chi connectivity index (χ1n) is 9.31. The summed E-state index contributed by atoms with van der Waals surface area (Å²) in [5, 5.41) is 0. The van der Waals surface area contributed by atoms with Gasteiger partial charge in [-0.1, -0.05) is 31.0 Å². The lowest BCUT2D eigenvalue weighted by molar-refractivity contribution is 0.0980. The van der Waals surface area contributed by atoms with E-state index in [2.05, 4.69) is 20.9 Å². The van der Waals surface area contributed by atoms with Gasteiger partial charge in [-0.2, -0.15) is 0 Å². The number of aromatic nitrogens is 2. The van der Waals surface area contributed by atoms with E-state index >= 15 is 0 Å². The van der Waals surface area contributed by atoms with Gasteiger partial charge >= 0.3 is 0 Å². The van der Waals surface area contributed by atoms with E-state index in [1.165, 1.54) is 31.2 Å². The molecule has 5 heteroatoms. The maximum absolute atomic E-state index is 13.1. The third-order valence-corrected chi connectivity index (χ3v) is 5.11. The highest BCUT2D eigenvalue weighted by atomic mass is 16.2. The molecular formula is C20H24N4O. The molecule has 1 fully saturated rings. The first-order valence-corrected chi connectivity index (χ1v) is 9.31. The number of nitrogens with zero attached hydrogens (tertiary/aromatic N) is 4. The van der Waals surface area contributed by atoms with Gasteiger partial charge in [-0.15, -0.1) is 0 Å². The van der Waals surface area contributed by atoms with Gasteiger partial charge in [-0.05, 0) is 43.4 Å². The van der Waals surface area contributed by atoms with Crippen LogP contribution in [0.15, 0.2) is 36.5 Å². The van der Waals surface area contributed by atoms with Gasteiger partial charge in [0.05, 0.1) is 0 Å². The maximum atomic E-state index is 13.1. The minimum atomic E-state index is -0.0226. The third kappa shape index (κ3) is 3.36. The van der Waals surface area contributed by atoms with Crippen LogP contribution in [0.1, 0.15) is 48.2 Å². The molecule has 1 aromatic carbocycles. The Kier molecular flexibility index (Phi) is 4.63. The van der Waals surface area contributed by atoms with E-state index in [1.54, 1.807) is 12.3 Å². The predicted molar refractivity (Wildman–Crippen MR) is 99.2 cm³/mol. The number of hydrogen-bond donors (Lipinski definition) is 0. The molecule has 25 heavy (non-hydrogen) atoms. The van der Waals surface area contributed by atoms with Gasteiger partial charge in [-0.25, -0.2) is 9.97 Å². The van der Waals surface area contributed by atoms with Crippen LogP contribution < -0.4 is 9.80 Å². The summed E-state index contributed by atoms with van der Waals surface area (Å²) in [6.07, 6.45) is 8.60. The van der Waals surface area contributed by atoms with Crippen LogP contribution in [0.3, 0.4) is 0 Å². The highest BCUT2D eigenvalue weighted by Gasteiger charge is 2.25. The van der Waals surface area contributed by atoms with Gasteiger partial charge in [0.1, 0.15) is 5.69 Å². The van der Waals surface area contributed by atoms with Crippen molar-refractivity contribution in [3.05, 3.63) is 47.8 Å². The summed E-state index contributed by atoms with van der Waals surface area (Å²) in [4.78, 5) is 26.2. The smallest absolute Gasteiger partial charge is 0.277 e. The molecular weight excluding hydrogens is 312 g/mol. The molecule has 1 aromatic heterocycles. The fourth-order valence-electron chi connectivity index (χ4n) is 3.77. The van der Waals surface area contributed by atoms with Gasteiger partial charge in [0.15, 0.2) is 0 Å². The van der Waals surface area contributed by atoms with Crippen molar-refractivity contribution in [1.82, 2.24) is 9.97 Å². The molecule has 0 bridgehead atoms. The number of rotatable bonds is 2. The largest absolute Gasteiger partial charge is 0.341 e. The predicted octanol–water partition coefficient (Wildman–Crippen LogP) is 3.45. The summed E-state index contributed by atoms with van der Waals surface area (Å²) >= 11 is 0. The fraction of sp³-hybridized carbons (Fsp3) is 0.450. The van der Waals surface area contributed by atoms with Crippen molar-refractivity contribution in [2.75, 3.05) is 29.4 Å². The highest BCUT2D eigenvalue weighted by Crippen LogP contribution is 2.28. The number of carbonyl (C=O) groups excluding carboxylic acids is 1. The number of fused-ring (bicyclic) bond motifs is 1. The topological polar surface area (TPSA) is 49.3 Å². The zero-order valence-corrected chi connectivity index (χ0v) is 14.5. The van der Waals surface area contributed by atoms with E-state index in [0.717, 1.165) is 38.2 Å². The number of amides is 1. The van der Waals surface area contributed by atoms with Crippen molar-refractivity contribution < 1.29 is 4.79 Å². The first kappa shape index (κ1) is 16.1.